The van der Waals surface area contributed by atoms with E-state index in [1.165, 1.54) is 0 Å². The van der Waals surface area contributed by atoms with E-state index < -0.39 is 65.0 Å². The third kappa shape index (κ3) is 3.29. The Morgan fingerprint density at radius 3 is 2.38 bits per heavy atom. The van der Waals surface area contributed by atoms with E-state index in [1.54, 1.807) is 0 Å². The summed E-state index contributed by atoms with van der Waals surface area (Å²) in [5, 5.41) is 19.8. The Kier molecular flexibility index (Phi) is 4.45. The van der Waals surface area contributed by atoms with E-state index in [-0.39, 0.29) is 0 Å². The maximum atomic E-state index is 13.3. The molecule has 0 radical (unpaired) electrons. The number of alkyl halides is 3. The number of carbonyl (C=O) groups excluding carboxylic acids is 1. The Morgan fingerprint density at radius 1 is 1.29 bits per heavy atom. The Bertz CT molecular complexity index is 706. The fourth-order valence-corrected chi connectivity index (χ4v) is 2.56. The summed E-state index contributed by atoms with van der Waals surface area (Å²) in [7, 11) is 0. The van der Waals surface area contributed by atoms with E-state index in [0.717, 1.165) is 6.07 Å². The number of nitro benzene ring substituents is 1. The number of nitro groups is 1. The van der Waals surface area contributed by atoms with Gasteiger partial charge in [-0.1, -0.05) is 0 Å². The summed E-state index contributed by atoms with van der Waals surface area (Å²) in [6, 6.07) is 1.99. The molecule has 11 heteroatoms. The molecule has 0 aliphatic carbocycles. The molecule has 1 saturated heterocycles. The van der Waals surface area contributed by atoms with Gasteiger partial charge in [0.15, 0.2) is 0 Å². The molecule has 1 N–H and O–H groups in total. The third-order valence-corrected chi connectivity index (χ3v) is 3.73. The minimum Gasteiger partial charge on any atom is -0.481 e. The molecule has 24 heavy (non-hydrogen) atoms. The maximum absolute atomic E-state index is 13.3. The van der Waals surface area contributed by atoms with Crippen molar-refractivity contribution in [3.63, 3.8) is 0 Å². The second kappa shape index (κ2) is 6.06. The molecule has 1 aromatic rings. The molecule has 7 nitrogen and oxygen atoms in total. The van der Waals surface area contributed by atoms with Gasteiger partial charge in [-0.25, -0.2) is 4.39 Å². The van der Waals surface area contributed by atoms with Crippen LogP contribution in [-0.4, -0.2) is 46.1 Å². The van der Waals surface area contributed by atoms with Gasteiger partial charge >= 0.3 is 12.1 Å². The maximum Gasteiger partial charge on any atom is 0.394 e. The molecule has 2 rings (SSSR count). The Hall–Kier alpha value is -2.72. The number of hydrogen-bond donors (Lipinski definition) is 1. The summed E-state index contributed by atoms with van der Waals surface area (Å²) in [6.45, 7) is -1.74. The Balaban J connectivity index is 2.36. The van der Waals surface area contributed by atoms with Gasteiger partial charge in [0.05, 0.1) is 16.8 Å². The number of hydrogen-bond acceptors (Lipinski definition) is 4. The molecule has 0 aromatic heterocycles. The van der Waals surface area contributed by atoms with Crippen molar-refractivity contribution in [2.45, 2.75) is 6.18 Å². The van der Waals surface area contributed by atoms with Crippen LogP contribution < -0.4 is 0 Å². The molecule has 1 aliphatic rings. The highest BCUT2D eigenvalue weighted by Crippen LogP contribution is 2.38. The predicted molar refractivity (Wildman–Crippen MR) is 69.6 cm³/mol. The van der Waals surface area contributed by atoms with Gasteiger partial charge in [-0.05, 0) is 12.1 Å². The average Bonchev–Trinajstić information content (AvgIpc) is 2.91. The second-order valence-electron chi connectivity index (χ2n) is 5.22. The summed E-state index contributed by atoms with van der Waals surface area (Å²) in [5.41, 5.74) is -1.50. The van der Waals surface area contributed by atoms with Gasteiger partial charge in [0.25, 0.3) is 11.6 Å². The van der Waals surface area contributed by atoms with Crippen LogP contribution in [0, 0.1) is 27.8 Å². The summed E-state index contributed by atoms with van der Waals surface area (Å²) in [4.78, 5) is 33.7. The number of benzene rings is 1. The largest absolute Gasteiger partial charge is 0.481 e. The van der Waals surface area contributed by atoms with Crippen molar-refractivity contribution in [1.29, 1.82) is 0 Å². The van der Waals surface area contributed by atoms with Gasteiger partial charge in [0, 0.05) is 19.2 Å². The lowest BCUT2D eigenvalue weighted by Crippen LogP contribution is -2.34. The van der Waals surface area contributed by atoms with Crippen molar-refractivity contribution in [2.75, 3.05) is 13.1 Å². The minimum atomic E-state index is -4.86. The number of rotatable bonds is 3. The second-order valence-corrected chi connectivity index (χ2v) is 5.22. The fourth-order valence-electron chi connectivity index (χ4n) is 2.56. The molecule has 1 amide bonds. The lowest BCUT2D eigenvalue weighted by Gasteiger charge is -2.18. The third-order valence-electron chi connectivity index (χ3n) is 3.73. The molecule has 0 spiro atoms. The molecule has 130 valence electrons. The summed E-state index contributed by atoms with van der Waals surface area (Å²) < 4.78 is 52.0. The van der Waals surface area contributed by atoms with Crippen molar-refractivity contribution in [3.8, 4) is 0 Å². The number of halogens is 4. The highest BCUT2D eigenvalue weighted by molar-refractivity contribution is 5.98. The molecule has 0 unspecified atom stereocenters. The number of likely N-dealkylation sites (tertiary alicyclic amines) is 1. The number of carboxylic acid groups (broad SMARTS) is 1. The normalized spacial score (nSPS) is 20.9. The van der Waals surface area contributed by atoms with E-state index in [1.807, 2.05) is 0 Å². The molecule has 2 atom stereocenters. The minimum absolute atomic E-state index is 0.539. The predicted octanol–water partition coefficient (Wildman–Crippen LogP) is 2.07. The monoisotopic (exact) mass is 350 g/mol. The van der Waals surface area contributed by atoms with Crippen LogP contribution in [0.3, 0.4) is 0 Å². The van der Waals surface area contributed by atoms with Crippen LogP contribution in [0.15, 0.2) is 18.2 Å². The van der Waals surface area contributed by atoms with E-state index in [4.69, 9.17) is 5.11 Å². The van der Waals surface area contributed by atoms with Gasteiger partial charge in [0.1, 0.15) is 11.4 Å². The zero-order chi connectivity index (χ0) is 18.2. The molecular formula is C13H10F4N2O5. The van der Waals surface area contributed by atoms with Crippen LogP contribution in [0.2, 0.25) is 0 Å². The molecule has 1 aromatic carbocycles. The fraction of sp³-hybridized carbons (Fsp3) is 0.385. The van der Waals surface area contributed by atoms with Gasteiger partial charge in [-0.2, -0.15) is 13.2 Å². The van der Waals surface area contributed by atoms with E-state index in [2.05, 4.69) is 0 Å². The van der Waals surface area contributed by atoms with Crippen LogP contribution >= 0.6 is 0 Å². The topological polar surface area (TPSA) is 101 Å². The number of carbonyl (C=O) groups is 2. The smallest absolute Gasteiger partial charge is 0.394 e. The van der Waals surface area contributed by atoms with Crippen molar-refractivity contribution in [2.24, 2.45) is 11.8 Å². The quantitative estimate of drug-likeness (QED) is 0.511. The summed E-state index contributed by atoms with van der Waals surface area (Å²) in [6.07, 6.45) is -4.86. The van der Waals surface area contributed by atoms with Crippen LogP contribution in [-0.2, 0) is 4.79 Å². The Morgan fingerprint density at radius 2 is 1.92 bits per heavy atom. The van der Waals surface area contributed by atoms with E-state index in [9.17, 15) is 37.3 Å². The number of nitrogens with zero attached hydrogens (tertiary/aromatic N) is 2. The van der Waals surface area contributed by atoms with Gasteiger partial charge < -0.3 is 10.0 Å². The van der Waals surface area contributed by atoms with Gasteiger partial charge in [0.2, 0.25) is 0 Å². The van der Waals surface area contributed by atoms with Crippen LogP contribution in [0.1, 0.15) is 10.4 Å². The number of amides is 1. The lowest BCUT2D eigenvalue weighted by atomic mass is 9.96. The van der Waals surface area contributed by atoms with Crippen molar-refractivity contribution in [1.82, 2.24) is 4.90 Å². The van der Waals surface area contributed by atoms with Gasteiger partial charge in [-0.15, -0.1) is 0 Å². The van der Waals surface area contributed by atoms with Crippen LogP contribution in [0.4, 0.5) is 23.2 Å². The zero-order valence-electron chi connectivity index (χ0n) is 11.8. The summed E-state index contributed by atoms with van der Waals surface area (Å²) >= 11 is 0. The molecule has 0 saturated carbocycles. The van der Waals surface area contributed by atoms with Crippen molar-refractivity contribution < 1.29 is 37.2 Å². The SMILES string of the molecule is O=C(O)[C@@H]1CN(C(=O)c2cc(F)ccc2[N+](=O)[O-])C[C@H]1C(F)(F)F. The van der Waals surface area contributed by atoms with E-state index >= 15 is 0 Å². The van der Waals surface area contributed by atoms with Crippen molar-refractivity contribution >= 4 is 17.6 Å². The lowest BCUT2D eigenvalue weighted by molar-refractivity contribution is -0.385. The first-order chi connectivity index (χ1) is 11.0. The number of aliphatic carboxylic acids is 1. The molecular weight excluding hydrogens is 340 g/mol. The van der Waals surface area contributed by atoms with Gasteiger partial charge in [-0.3, -0.25) is 19.7 Å². The van der Waals surface area contributed by atoms with Crippen molar-refractivity contribution in [3.05, 3.63) is 39.7 Å². The Labute approximate surface area is 131 Å². The molecule has 0 bridgehead atoms. The number of carboxylic acids is 1. The first-order valence-corrected chi connectivity index (χ1v) is 6.55. The summed E-state index contributed by atoms with van der Waals surface area (Å²) in [5.74, 6) is -8.13. The van der Waals surface area contributed by atoms with Crippen LogP contribution in [0.5, 0.6) is 0 Å². The van der Waals surface area contributed by atoms with E-state index in [0.29, 0.717) is 17.0 Å². The highest BCUT2D eigenvalue weighted by atomic mass is 19.4. The molecule has 1 fully saturated rings. The molecule has 1 heterocycles. The van der Waals surface area contributed by atoms with Crippen LogP contribution in [0.25, 0.3) is 0 Å². The zero-order valence-corrected chi connectivity index (χ0v) is 11.8. The first-order valence-electron chi connectivity index (χ1n) is 6.55. The highest BCUT2D eigenvalue weighted by Gasteiger charge is 2.53. The molecule has 1 aliphatic heterocycles. The standard InChI is InChI=1S/C13H10F4N2O5/c14-6-1-2-10(19(23)24)7(3-6)11(20)18-4-8(12(21)22)9(5-18)13(15,16)17/h1-3,8-9H,4-5H2,(H,21,22)/t8-,9-/m1/s1. The first kappa shape index (κ1) is 17.6. The average molecular weight is 350 g/mol.